The van der Waals surface area contributed by atoms with Crippen molar-refractivity contribution in [2.75, 3.05) is 71.4 Å². The third kappa shape index (κ3) is 14.1. The van der Waals surface area contributed by atoms with Gasteiger partial charge in [-0.2, -0.15) is 0 Å². The van der Waals surface area contributed by atoms with Crippen LogP contribution in [0.4, 0.5) is 21.2 Å². The molecule has 24 heteroatoms. The Morgan fingerprint density at radius 2 is 1.01 bits per heavy atom. The van der Waals surface area contributed by atoms with E-state index in [0.29, 0.717) is 110 Å². The first-order valence-corrected chi connectivity index (χ1v) is 22.7. The molecule has 0 unspecified atom stereocenters. The maximum absolute atomic E-state index is 12.6. The Hall–Kier alpha value is -7.80. The zero-order valence-electron chi connectivity index (χ0n) is 38.6. The summed E-state index contributed by atoms with van der Waals surface area (Å²) in [6.45, 7) is 9.48. The maximum Gasteiger partial charge on any atom is 0.339 e. The summed E-state index contributed by atoms with van der Waals surface area (Å²) in [5.41, 5.74) is 4.83. The number of rotatable bonds is 18. The molecule has 0 spiro atoms. The number of carboxylic acid groups (broad SMARTS) is 1. The minimum Gasteiger partial charge on any atom is -0.478 e. The van der Waals surface area contributed by atoms with Crippen molar-refractivity contribution in [2.45, 2.75) is 27.7 Å². The van der Waals surface area contributed by atoms with Gasteiger partial charge in [-0.3, -0.25) is 30.2 Å². The predicted molar refractivity (Wildman–Crippen MR) is 259 cm³/mol. The number of thiazole rings is 2. The fourth-order valence-corrected chi connectivity index (χ4v) is 8.19. The van der Waals surface area contributed by atoms with Crippen LogP contribution in [0.25, 0.3) is 43.4 Å². The standard InChI is InChI=1S/C23H26N6O5S.C22H24N6O5S/c1-5-25-23(32)29-18-9-16(21-28-13(2)19(35-21)20(30)26-6-7-33-3)17(12-27-18)14-8-15(11-24-10-14)22(31)34-4;1-4-24-22(32)28-17-8-15(16(11-26-17)13-7-14(21(30)31)10-23-9-13)20-27-12(2)18(34-20)19(29)25-5-6-33-3/h8-12H,5-7H2,1-4H3,(H,26,30)(H2,25,27,29,32);7-11H,4-6H2,1-3H3,(H,25,29)(H,30,31)(H2,24,26,28,32). The summed E-state index contributed by atoms with van der Waals surface area (Å²) < 4.78 is 14.7. The topological polar surface area (TPSA) is 300 Å². The number of carbonyl (C=O) groups excluding carboxylic acids is 5. The molecule has 0 atom stereocenters. The lowest BCUT2D eigenvalue weighted by atomic mass is 10.0. The van der Waals surface area contributed by atoms with Crippen molar-refractivity contribution < 1.29 is 48.1 Å². The molecule has 6 aromatic heterocycles. The fraction of sp³-hybridized carbons (Fsp3) is 0.289. The minimum atomic E-state index is -1.11. The van der Waals surface area contributed by atoms with Crippen LogP contribution in [-0.4, -0.2) is 132 Å². The quantitative estimate of drug-likeness (QED) is 0.0403. The van der Waals surface area contributed by atoms with Gasteiger partial charge in [0.1, 0.15) is 31.4 Å². The van der Waals surface area contributed by atoms with Gasteiger partial charge in [0.05, 0.1) is 42.8 Å². The lowest BCUT2D eigenvalue weighted by Gasteiger charge is -2.11. The second-order valence-electron chi connectivity index (χ2n) is 14.3. The van der Waals surface area contributed by atoms with Gasteiger partial charge < -0.3 is 40.6 Å². The molecule has 6 rings (SSSR count). The molecule has 6 amide bonds. The third-order valence-electron chi connectivity index (χ3n) is 9.38. The molecule has 362 valence electrons. The van der Waals surface area contributed by atoms with Crippen molar-refractivity contribution in [3.63, 3.8) is 0 Å². The van der Waals surface area contributed by atoms with Gasteiger partial charge in [0.15, 0.2) is 0 Å². The first-order valence-electron chi connectivity index (χ1n) is 21.0. The number of urea groups is 2. The number of ether oxygens (including phenoxy) is 3. The number of aryl methyl sites for hydroxylation is 2. The molecule has 0 aliphatic carbocycles. The normalized spacial score (nSPS) is 10.5. The Kier molecular flexibility index (Phi) is 19.2. The number of aromatic nitrogens is 6. The van der Waals surface area contributed by atoms with E-state index in [-0.39, 0.29) is 28.8 Å². The molecule has 0 fully saturated rings. The Morgan fingerprint density at radius 1 is 0.580 bits per heavy atom. The molecule has 0 saturated carbocycles. The Balaban J connectivity index is 0.000000258. The molecule has 0 aromatic carbocycles. The highest BCUT2D eigenvalue weighted by Gasteiger charge is 2.23. The molecular weight excluding hydrogens is 933 g/mol. The van der Waals surface area contributed by atoms with Crippen LogP contribution in [0.5, 0.6) is 0 Å². The van der Waals surface area contributed by atoms with Crippen LogP contribution < -0.4 is 31.9 Å². The summed E-state index contributed by atoms with van der Waals surface area (Å²) in [4.78, 5) is 99.6. The van der Waals surface area contributed by atoms with Crippen LogP contribution in [0.15, 0.2) is 61.4 Å². The molecule has 69 heavy (non-hydrogen) atoms. The first-order chi connectivity index (χ1) is 33.2. The van der Waals surface area contributed by atoms with E-state index in [1.807, 2.05) is 0 Å². The molecule has 0 radical (unpaired) electrons. The zero-order valence-corrected chi connectivity index (χ0v) is 40.3. The van der Waals surface area contributed by atoms with E-state index in [1.165, 1.54) is 60.6 Å². The van der Waals surface area contributed by atoms with Crippen molar-refractivity contribution >= 4 is 70.1 Å². The molecule has 0 aliphatic rings. The predicted octanol–water partition coefficient (Wildman–Crippen LogP) is 5.67. The largest absolute Gasteiger partial charge is 0.478 e. The zero-order chi connectivity index (χ0) is 50.0. The number of hydrogen-bond donors (Lipinski definition) is 7. The molecule has 7 N–H and O–H groups in total. The number of nitrogens with zero attached hydrogens (tertiary/aromatic N) is 6. The molecule has 0 bridgehead atoms. The molecular formula is C45H50N12O10S2. The molecule has 0 saturated heterocycles. The number of aromatic carboxylic acids is 1. The van der Waals surface area contributed by atoms with Crippen molar-refractivity contribution in [1.82, 2.24) is 51.2 Å². The Bertz CT molecular complexity index is 2820. The van der Waals surface area contributed by atoms with Crippen molar-refractivity contribution in [3.05, 3.63) is 93.7 Å². The molecule has 6 aromatic rings. The summed E-state index contributed by atoms with van der Waals surface area (Å²) in [6.07, 6.45) is 8.83. The number of carboxylic acids is 1. The number of pyridine rings is 4. The number of anilines is 2. The minimum absolute atomic E-state index is 0.0153. The number of hydrogen-bond acceptors (Lipinski definition) is 17. The number of methoxy groups -OCH3 is 3. The lowest BCUT2D eigenvalue weighted by Crippen LogP contribution is -2.28. The lowest BCUT2D eigenvalue weighted by molar-refractivity contribution is 0.0599. The monoisotopic (exact) mass is 982 g/mol. The van der Waals surface area contributed by atoms with Crippen LogP contribution in [-0.2, 0) is 14.2 Å². The summed E-state index contributed by atoms with van der Waals surface area (Å²) >= 11 is 2.39. The van der Waals surface area contributed by atoms with Crippen LogP contribution in [0.1, 0.15) is 65.3 Å². The molecule has 22 nitrogen and oxygen atoms in total. The van der Waals surface area contributed by atoms with Gasteiger partial charge in [0.25, 0.3) is 11.8 Å². The summed E-state index contributed by atoms with van der Waals surface area (Å²) in [5, 5.41) is 26.6. The smallest absolute Gasteiger partial charge is 0.339 e. The third-order valence-corrected chi connectivity index (χ3v) is 11.8. The SMILES string of the molecule is CCNC(=O)Nc1cc(-c2nc(C)c(C(=O)NCCOC)s2)c(-c2cncc(C(=O)O)c2)cn1.CCNC(=O)Nc1cc(-c2nc(C)c(C(=O)NCCOC)s2)c(-c2cncc(C(=O)OC)c2)cn1. The Morgan fingerprint density at radius 3 is 1.42 bits per heavy atom. The van der Waals surface area contributed by atoms with Crippen LogP contribution >= 0.6 is 22.7 Å². The van der Waals surface area contributed by atoms with E-state index < -0.39 is 24.0 Å². The van der Waals surface area contributed by atoms with Gasteiger partial charge in [-0.05, 0) is 52.0 Å². The van der Waals surface area contributed by atoms with E-state index in [9.17, 15) is 33.9 Å². The molecule has 6 heterocycles. The van der Waals surface area contributed by atoms with Crippen molar-refractivity contribution in [2.24, 2.45) is 0 Å². The second-order valence-corrected chi connectivity index (χ2v) is 16.3. The van der Waals surface area contributed by atoms with Gasteiger partial charge in [-0.15, -0.1) is 22.7 Å². The van der Waals surface area contributed by atoms with E-state index in [4.69, 9.17) is 14.2 Å². The van der Waals surface area contributed by atoms with Crippen LogP contribution in [0.3, 0.4) is 0 Å². The van der Waals surface area contributed by atoms with E-state index in [1.54, 1.807) is 72.5 Å². The van der Waals surface area contributed by atoms with Crippen LogP contribution in [0.2, 0.25) is 0 Å². The number of carbonyl (C=O) groups is 6. The Labute approximate surface area is 404 Å². The number of amides is 6. The van der Waals surface area contributed by atoms with Gasteiger partial charge in [0, 0.05) is 111 Å². The highest BCUT2D eigenvalue weighted by Crippen LogP contribution is 2.38. The van der Waals surface area contributed by atoms with Gasteiger partial charge in [0.2, 0.25) is 0 Å². The van der Waals surface area contributed by atoms with E-state index in [0.717, 1.165) is 0 Å². The van der Waals surface area contributed by atoms with E-state index in [2.05, 4.69) is 61.8 Å². The number of esters is 1. The van der Waals surface area contributed by atoms with Crippen molar-refractivity contribution in [1.29, 1.82) is 0 Å². The average molecular weight is 983 g/mol. The summed E-state index contributed by atoms with van der Waals surface area (Å²) in [7, 11) is 4.40. The number of nitrogens with one attached hydrogen (secondary N) is 6. The molecule has 0 aliphatic heterocycles. The summed E-state index contributed by atoms with van der Waals surface area (Å²) in [6, 6.07) is 5.59. The second kappa shape index (κ2) is 25.4. The summed E-state index contributed by atoms with van der Waals surface area (Å²) in [5.74, 6) is -1.60. The highest BCUT2D eigenvalue weighted by molar-refractivity contribution is 7.17. The van der Waals surface area contributed by atoms with E-state index >= 15 is 0 Å². The van der Waals surface area contributed by atoms with Crippen molar-refractivity contribution in [3.8, 4) is 43.4 Å². The van der Waals surface area contributed by atoms with Gasteiger partial charge in [-0.25, -0.2) is 39.1 Å². The van der Waals surface area contributed by atoms with Gasteiger partial charge >= 0.3 is 24.0 Å². The fourth-order valence-electron chi connectivity index (χ4n) is 6.16. The highest BCUT2D eigenvalue weighted by atomic mass is 32.1. The van der Waals surface area contributed by atoms with Gasteiger partial charge in [-0.1, -0.05) is 0 Å². The van der Waals surface area contributed by atoms with Crippen LogP contribution in [0, 0.1) is 13.8 Å². The average Bonchev–Trinajstić information content (AvgIpc) is 3.94. The first kappa shape index (κ1) is 52.2. The maximum atomic E-state index is 12.6.